The van der Waals surface area contributed by atoms with E-state index in [2.05, 4.69) is 5.32 Å². The van der Waals surface area contributed by atoms with Crippen LogP contribution in [0.3, 0.4) is 0 Å². The summed E-state index contributed by atoms with van der Waals surface area (Å²) in [5, 5.41) is 2.52. The minimum absolute atomic E-state index is 0.115. The molecule has 1 atom stereocenters. The SMILES string of the molecule is CC(=O)[C@@H](COCc1ccccc1)NC(=O)OC(C)(C)C. The molecule has 1 N–H and O–H groups in total. The summed E-state index contributed by atoms with van der Waals surface area (Å²) in [4.78, 5) is 23.2. The van der Waals surface area contributed by atoms with Gasteiger partial charge in [-0.1, -0.05) is 30.3 Å². The van der Waals surface area contributed by atoms with Crippen LogP contribution in [0.4, 0.5) is 4.79 Å². The first-order valence-corrected chi connectivity index (χ1v) is 6.89. The Morgan fingerprint density at radius 3 is 2.33 bits per heavy atom. The number of nitrogens with one attached hydrogen (secondary N) is 1. The number of hydrogen-bond donors (Lipinski definition) is 1. The monoisotopic (exact) mass is 293 g/mol. The normalized spacial score (nSPS) is 12.6. The summed E-state index contributed by atoms with van der Waals surface area (Å²) in [6.45, 7) is 7.21. The topological polar surface area (TPSA) is 64.6 Å². The van der Waals surface area contributed by atoms with Crippen molar-refractivity contribution in [1.29, 1.82) is 0 Å². The smallest absolute Gasteiger partial charge is 0.408 e. The van der Waals surface area contributed by atoms with Gasteiger partial charge >= 0.3 is 6.09 Å². The number of benzene rings is 1. The van der Waals surface area contributed by atoms with Crippen LogP contribution in [0.1, 0.15) is 33.3 Å². The zero-order valence-electron chi connectivity index (χ0n) is 13.0. The van der Waals surface area contributed by atoms with E-state index in [1.807, 2.05) is 30.3 Å². The van der Waals surface area contributed by atoms with E-state index in [4.69, 9.17) is 9.47 Å². The van der Waals surface area contributed by atoms with E-state index < -0.39 is 17.7 Å². The van der Waals surface area contributed by atoms with Gasteiger partial charge in [0.1, 0.15) is 11.6 Å². The molecular formula is C16H23NO4. The predicted octanol–water partition coefficient (Wildman–Crippen LogP) is 2.69. The molecule has 0 unspecified atom stereocenters. The van der Waals surface area contributed by atoms with Crippen molar-refractivity contribution in [2.45, 2.75) is 45.9 Å². The van der Waals surface area contributed by atoms with Gasteiger partial charge in [0.25, 0.3) is 0 Å². The number of alkyl carbamates (subject to hydrolysis) is 1. The predicted molar refractivity (Wildman–Crippen MR) is 79.9 cm³/mol. The van der Waals surface area contributed by atoms with E-state index in [1.54, 1.807) is 20.8 Å². The molecule has 5 nitrogen and oxygen atoms in total. The molecule has 21 heavy (non-hydrogen) atoms. The third kappa shape index (κ3) is 7.46. The fraction of sp³-hybridized carbons (Fsp3) is 0.500. The van der Waals surface area contributed by atoms with Crippen LogP contribution in [0.15, 0.2) is 30.3 Å². The van der Waals surface area contributed by atoms with E-state index in [1.165, 1.54) is 6.92 Å². The average Bonchev–Trinajstić information content (AvgIpc) is 2.36. The summed E-state index contributed by atoms with van der Waals surface area (Å²) in [7, 11) is 0. The van der Waals surface area contributed by atoms with Crippen LogP contribution in [0, 0.1) is 0 Å². The van der Waals surface area contributed by atoms with Gasteiger partial charge in [0.2, 0.25) is 0 Å². The maximum atomic E-state index is 11.7. The Labute approximate surface area is 125 Å². The van der Waals surface area contributed by atoms with E-state index in [0.29, 0.717) is 6.61 Å². The minimum Gasteiger partial charge on any atom is -0.444 e. The number of rotatable bonds is 6. The van der Waals surface area contributed by atoms with Gasteiger partial charge in [-0.2, -0.15) is 0 Å². The quantitative estimate of drug-likeness (QED) is 0.876. The summed E-state index contributed by atoms with van der Waals surface area (Å²) in [5.41, 5.74) is 0.410. The Morgan fingerprint density at radius 2 is 1.81 bits per heavy atom. The highest BCUT2D eigenvalue weighted by atomic mass is 16.6. The number of carbonyl (C=O) groups excluding carboxylic acids is 2. The highest BCUT2D eigenvalue weighted by Crippen LogP contribution is 2.07. The molecule has 0 saturated heterocycles. The molecule has 116 valence electrons. The number of hydrogen-bond acceptors (Lipinski definition) is 4. The number of ether oxygens (including phenoxy) is 2. The fourth-order valence-corrected chi connectivity index (χ4v) is 1.58. The standard InChI is InChI=1S/C16H23NO4/c1-12(18)14(17-15(19)21-16(2,3)4)11-20-10-13-8-6-5-7-9-13/h5-9,14H,10-11H2,1-4H3,(H,17,19)/t14-/m1/s1. The molecule has 0 radical (unpaired) electrons. The molecule has 1 amide bonds. The van der Waals surface area contributed by atoms with E-state index in [9.17, 15) is 9.59 Å². The summed E-state index contributed by atoms with van der Waals surface area (Å²) < 4.78 is 10.6. The minimum atomic E-state index is -0.705. The number of Topliss-reactive ketones (excluding diaryl/α,β-unsaturated/α-hetero) is 1. The largest absolute Gasteiger partial charge is 0.444 e. The van der Waals surface area contributed by atoms with Gasteiger partial charge in [-0.05, 0) is 33.3 Å². The second-order valence-corrected chi connectivity index (χ2v) is 5.81. The Kier molecular flexibility index (Phi) is 6.37. The lowest BCUT2D eigenvalue weighted by Gasteiger charge is -2.22. The molecule has 0 fully saturated rings. The molecule has 1 rings (SSSR count). The Balaban J connectivity index is 2.43. The fourth-order valence-electron chi connectivity index (χ4n) is 1.58. The Morgan fingerprint density at radius 1 is 1.19 bits per heavy atom. The van der Waals surface area contributed by atoms with Crippen LogP contribution < -0.4 is 5.32 Å². The van der Waals surface area contributed by atoms with E-state index in [0.717, 1.165) is 5.56 Å². The number of carbonyl (C=O) groups is 2. The third-order valence-corrected chi connectivity index (χ3v) is 2.58. The lowest BCUT2D eigenvalue weighted by Crippen LogP contribution is -2.45. The first kappa shape index (κ1) is 17.2. The van der Waals surface area contributed by atoms with E-state index in [-0.39, 0.29) is 12.4 Å². The second kappa shape index (κ2) is 7.78. The van der Waals surface area contributed by atoms with Gasteiger partial charge < -0.3 is 14.8 Å². The van der Waals surface area contributed by atoms with Crippen molar-refractivity contribution in [3.8, 4) is 0 Å². The van der Waals surface area contributed by atoms with Crippen LogP contribution in [0.5, 0.6) is 0 Å². The molecule has 0 heterocycles. The zero-order valence-corrected chi connectivity index (χ0v) is 13.0. The van der Waals surface area contributed by atoms with Gasteiger partial charge in [0.15, 0.2) is 5.78 Å². The van der Waals surface area contributed by atoms with Crippen molar-refractivity contribution in [3.05, 3.63) is 35.9 Å². The molecule has 0 aliphatic carbocycles. The molecule has 5 heteroatoms. The number of ketones is 1. The molecule has 1 aromatic rings. The molecule has 0 aliphatic heterocycles. The molecule has 0 saturated carbocycles. The zero-order chi connectivity index (χ0) is 15.9. The van der Waals surface area contributed by atoms with Gasteiger partial charge in [-0.25, -0.2) is 4.79 Å². The Hall–Kier alpha value is -1.88. The molecular weight excluding hydrogens is 270 g/mol. The second-order valence-electron chi connectivity index (χ2n) is 5.81. The van der Waals surface area contributed by atoms with E-state index >= 15 is 0 Å². The van der Waals surface area contributed by atoms with Crippen molar-refractivity contribution in [2.24, 2.45) is 0 Å². The molecule has 0 spiro atoms. The molecule has 0 aromatic heterocycles. The first-order chi connectivity index (χ1) is 9.78. The maximum absolute atomic E-state index is 11.7. The summed E-state index contributed by atoms with van der Waals surface area (Å²) in [5.74, 6) is -0.172. The van der Waals surface area contributed by atoms with Crippen molar-refractivity contribution in [3.63, 3.8) is 0 Å². The molecule has 0 bridgehead atoms. The highest BCUT2D eigenvalue weighted by Gasteiger charge is 2.22. The van der Waals surface area contributed by atoms with Crippen molar-refractivity contribution < 1.29 is 19.1 Å². The lowest BCUT2D eigenvalue weighted by atomic mass is 10.2. The Bertz CT molecular complexity index is 465. The maximum Gasteiger partial charge on any atom is 0.408 e. The summed E-state index contributed by atoms with van der Waals surface area (Å²) >= 11 is 0. The average molecular weight is 293 g/mol. The van der Waals surface area contributed by atoms with Crippen LogP contribution in [0.2, 0.25) is 0 Å². The van der Waals surface area contributed by atoms with Gasteiger partial charge in [-0.3, -0.25) is 4.79 Å². The highest BCUT2D eigenvalue weighted by molar-refractivity contribution is 5.85. The van der Waals surface area contributed by atoms with Gasteiger partial charge in [0.05, 0.1) is 13.2 Å². The lowest BCUT2D eigenvalue weighted by molar-refractivity contribution is -0.120. The van der Waals surface area contributed by atoms with Crippen molar-refractivity contribution in [2.75, 3.05) is 6.61 Å². The van der Waals surface area contributed by atoms with Gasteiger partial charge in [-0.15, -0.1) is 0 Å². The molecule has 1 aromatic carbocycles. The van der Waals surface area contributed by atoms with Crippen LogP contribution in [0.25, 0.3) is 0 Å². The summed E-state index contributed by atoms with van der Waals surface area (Å²) in [6, 6.07) is 8.92. The summed E-state index contributed by atoms with van der Waals surface area (Å²) in [6.07, 6.45) is -0.619. The van der Waals surface area contributed by atoms with Gasteiger partial charge in [0, 0.05) is 0 Å². The third-order valence-electron chi connectivity index (χ3n) is 2.58. The first-order valence-electron chi connectivity index (χ1n) is 6.89. The van der Waals surface area contributed by atoms with Crippen molar-refractivity contribution in [1.82, 2.24) is 5.32 Å². The van der Waals surface area contributed by atoms with Crippen LogP contribution in [-0.2, 0) is 20.9 Å². The van der Waals surface area contributed by atoms with Crippen LogP contribution in [-0.4, -0.2) is 30.1 Å². The van der Waals surface area contributed by atoms with Crippen LogP contribution >= 0.6 is 0 Å². The number of amides is 1. The van der Waals surface area contributed by atoms with Crippen molar-refractivity contribution >= 4 is 11.9 Å². The molecule has 0 aliphatic rings.